The molecule has 1 heterocycles. The summed E-state index contributed by atoms with van der Waals surface area (Å²) in [5.74, 6) is -0.0674. The Kier molecular flexibility index (Phi) is 3.84. The number of hydrogen-bond acceptors (Lipinski definition) is 2. The van der Waals surface area contributed by atoms with Gasteiger partial charge < -0.3 is 10.2 Å². The molecule has 4 nitrogen and oxygen atoms in total. The molecule has 2 aliphatic rings. The predicted octanol–water partition coefficient (Wildman–Crippen LogP) is 2.76. The molecule has 112 valence electrons. The second-order valence-electron chi connectivity index (χ2n) is 5.65. The van der Waals surface area contributed by atoms with Crippen LogP contribution in [0, 0.1) is 0 Å². The fourth-order valence-electron chi connectivity index (χ4n) is 3.29. The molecule has 1 N–H and O–H groups in total. The van der Waals surface area contributed by atoms with E-state index in [1.54, 1.807) is 17.0 Å². The van der Waals surface area contributed by atoms with Crippen molar-refractivity contribution in [1.82, 2.24) is 10.2 Å². The second-order valence-corrected chi connectivity index (χ2v) is 6.46. The van der Waals surface area contributed by atoms with Crippen LogP contribution in [0.4, 0.5) is 0 Å². The molecule has 1 spiro atoms. The molecule has 3 rings (SSSR count). The third-order valence-electron chi connectivity index (χ3n) is 4.40. The van der Waals surface area contributed by atoms with Gasteiger partial charge in [-0.1, -0.05) is 42.1 Å². The first kappa shape index (κ1) is 14.7. The van der Waals surface area contributed by atoms with Crippen LogP contribution in [0.25, 0.3) is 0 Å². The highest BCUT2D eigenvalue weighted by atomic mass is 35.5. The van der Waals surface area contributed by atoms with Gasteiger partial charge in [-0.25, -0.2) is 0 Å². The normalized spacial score (nSPS) is 21.0. The molecule has 1 saturated heterocycles. The van der Waals surface area contributed by atoms with E-state index in [9.17, 15) is 9.59 Å². The minimum Gasteiger partial charge on any atom is -0.345 e. The smallest absolute Gasteiger partial charge is 0.246 e. The fraction of sp³-hybridized carbons (Fsp3) is 0.467. The van der Waals surface area contributed by atoms with Crippen LogP contribution in [0.5, 0.6) is 0 Å². The SMILES string of the molecule is O=C1CNC(=O)C2(CCCC2)N1Cc1ccc(Cl)c(Cl)c1. The number of amides is 2. The number of carbonyl (C=O) groups excluding carboxylic acids is 2. The van der Waals surface area contributed by atoms with E-state index in [0.29, 0.717) is 16.6 Å². The number of benzene rings is 1. The van der Waals surface area contributed by atoms with Gasteiger partial charge in [-0.05, 0) is 30.5 Å². The van der Waals surface area contributed by atoms with Crippen molar-refractivity contribution >= 4 is 35.0 Å². The first-order chi connectivity index (χ1) is 10.0. The summed E-state index contributed by atoms with van der Waals surface area (Å²) in [6.07, 6.45) is 3.40. The number of halogens is 2. The van der Waals surface area contributed by atoms with Gasteiger partial charge in [-0.2, -0.15) is 0 Å². The van der Waals surface area contributed by atoms with Gasteiger partial charge >= 0.3 is 0 Å². The Balaban J connectivity index is 1.91. The number of rotatable bonds is 2. The average molecular weight is 327 g/mol. The number of piperazine rings is 1. The Labute approximate surface area is 133 Å². The number of nitrogens with one attached hydrogen (secondary N) is 1. The van der Waals surface area contributed by atoms with E-state index in [-0.39, 0.29) is 18.4 Å². The van der Waals surface area contributed by atoms with Crippen molar-refractivity contribution in [2.45, 2.75) is 37.8 Å². The zero-order valence-electron chi connectivity index (χ0n) is 11.5. The Morgan fingerprint density at radius 2 is 1.86 bits per heavy atom. The minimum atomic E-state index is -0.679. The van der Waals surface area contributed by atoms with Crippen molar-refractivity contribution < 1.29 is 9.59 Å². The van der Waals surface area contributed by atoms with E-state index in [1.165, 1.54) is 0 Å². The highest BCUT2D eigenvalue weighted by molar-refractivity contribution is 6.42. The van der Waals surface area contributed by atoms with Gasteiger partial charge in [0.15, 0.2) is 0 Å². The molecule has 1 aliphatic carbocycles. The van der Waals surface area contributed by atoms with Crippen LogP contribution >= 0.6 is 23.2 Å². The topological polar surface area (TPSA) is 49.4 Å². The average Bonchev–Trinajstić information content (AvgIpc) is 2.94. The van der Waals surface area contributed by atoms with E-state index < -0.39 is 5.54 Å². The quantitative estimate of drug-likeness (QED) is 0.908. The molecule has 2 fully saturated rings. The lowest BCUT2D eigenvalue weighted by atomic mass is 9.90. The van der Waals surface area contributed by atoms with Crippen LogP contribution in [-0.2, 0) is 16.1 Å². The molecule has 1 aromatic carbocycles. The first-order valence-corrected chi connectivity index (χ1v) is 7.81. The molecule has 2 amide bonds. The lowest BCUT2D eigenvalue weighted by molar-refractivity contribution is -0.154. The monoisotopic (exact) mass is 326 g/mol. The molecule has 21 heavy (non-hydrogen) atoms. The Morgan fingerprint density at radius 1 is 1.14 bits per heavy atom. The van der Waals surface area contributed by atoms with Gasteiger partial charge in [-0.3, -0.25) is 9.59 Å². The van der Waals surface area contributed by atoms with E-state index in [2.05, 4.69) is 5.32 Å². The minimum absolute atomic E-state index is 0.0281. The van der Waals surface area contributed by atoms with Crippen molar-refractivity contribution in [3.8, 4) is 0 Å². The van der Waals surface area contributed by atoms with Gasteiger partial charge in [0.2, 0.25) is 11.8 Å². The Morgan fingerprint density at radius 3 is 2.52 bits per heavy atom. The van der Waals surface area contributed by atoms with Crippen LogP contribution < -0.4 is 5.32 Å². The van der Waals surface area contributed by atoms with Crippen molar-refractivity contribution in [3.63, 3.8) is 0 Å². The van der Waals surface area contributed by atoms with Crippen LogP contribution in [0.2, 0.25) is 10.0 Å². The molecule has 0 atom stereocenters. The van der Waals surface area contributed by atoms with Crippen molar-refractivity contribution in [3.05, 3.63) is 33.8 Å². The van der Waals surface area contributed by atoms with E-state index in [4.69, 9.17) is 23.2 Å². The molecule has 1 aromatic rings. The maximum atomic E-state index is 12.3. The summed E-state index contributed by atoms with van der Waals surface area (Å²) < 4.78 is 0. The number of hydrogen-bond donors (Lipinski definition) is 1. The number of nitrogens with zero attached hydrogens (tertiary/aromatic N) is 1. The van der Waals surface area contributed by atoms with Gasteiger partial charge in [0.05, 0.1) is 16.6 Å². The Bertz CT molecular complexity index is 597. The van der Waals surface area contributed by atoms with Crippen molar-refractivity contribution in [1.29, 1.82) is 0 Å². The maximum absolute atomic E-state index is 12.3. The zero-order valence-corrected chi connectivity index (χ0v) is 13.0. The maximum Gasteiger partial charge on any atom is 0.246 e. The summed E-state index contributed by atoms with van der Waals surface area (Å²) in [6, 6.07) is 5.32. The standard InChI is InChI=1S/C15H16Cl2N2O2/c16-11-4-3-10(7-12(11)17)9-19-13(20)8-18-14(21)15(19)5-1-2-6-15/h3-4,7H,1-2,5-6,8-9H2,(H,18,21). The lowest BCUT2D eigenvalue weighted by Gasteiger charge is -2.43. The molecule has 0 bridgehead atoms. The van der Waals surface area contributed by atoms with Gasteiger partial charge in [0.25, 0.3) is 0 Å². The third kappa shape index (κ3) is 2.51. The molecule has 1 aliphatic heterocycles. The summed E-state index contributed by atoms with van der Waals surface area (Å²) in [5, 5.41) is 3.67. The van der Waals surface area contributed by atoms with Crippen LogP contribution in [0.1, 0.15) is 31.2 Å². The van der Waals surface area contributed by atoms with E-state index in [1.807, 2.05) is 6.07 Å². The highest BCUT2D eigenvalue weighted by Crippen LogP contribution is 2.38. The highest BCUT2D eigenvalue weighted by Gasteiger charge is 2.50. The summed E-state index contributed by atoms with van der Waals surface area (Å²) in [6.45, 7) is 0.463. The second kappa shape index (κ2) is 5.50. The van der Waals surface area contributed by atoms with Crippen molar-refractivity contribution in [2.75, 3.05) is 6.54 Å². The fourth-order valence-corrected chi connectivity index (χ4v) is 3.61. The Hall–Kier alpha value is -1.26. The van der Waals surface area contributed by atoms with Gasteiger partial charge in [0.1, 0.15) is 5.54 Å². The van der Waals surface area contributed by atoms with Gasteiger partial charge in [0, 0.05) is 6.54 Å². The predicted molar refractivity (Wildman–Crippen MR) is 81.2 cm³/mol. The molecule has 1 saturated carbocycles. The zero-order chi connectivity index (χ0) is 15.0. The van der Waals surface area contributed by atoms with Crippen LogP contribution in [0.15, 0.2) is 18.2 Å². The van der Waals surface area contributed by atoms with Gasteiger partial charge in [-0.15, -0.1) is 0 Å². The molecule has 0 unspecified atom stereocenters. The molecule has 6 heteroatoms. The first-order valence-electron chi connectivity index (χ1n) is 7.06. The van der Waals surface area contributed by atoms with Crippen LogP contribution in [-0.4, -0.2) is 28.8 Å². The molecular weight excluding hydrogens is 311 g/mol. The molecule has 0 radical (unpaired) electrons. The molecule has 0 aromatic heterocycles. The largest absolute Gasteiger partial charge is 0.345 e. The summed E-state index contributed by atoms with van der Waals surface area (Å²) in [5.41, 5.74) is 0.209. The summed E-state index contributed by atoms with van der Waals surface area (Å²) in [4.78, 5) is 26.4. The molecular formula is C15H16Cl2N2O2. The van der Waals surface area contributed by atoms with E-state index >= 15 is 0 Å². The third-order valence-corrected chi connectivity index (χ3v) is 5.14. The summed E-state index contributed by atoms with van der Waals surface area (Å²) >= 11 is 12.0. The van der Waals surface area contributed by atoms with E-state index in [0.717, 1.165) is 31.2 Å². The summed E-state index contributed by atoms with van der Waals surface area (Å²) in [7, 11) is 0. The van der Waals surface area contributed by atoms with Crippen LogP contribution in [0.3, 0.4) is 0 Å². The van der Waals surface area contributed by atoms with Crippen molar-refractivity contribution in [2.24, 2.45) is 0 Å². The lowest BCUT2D eigenvalue weighted by Crippen LogP contribution is -2.65. The number of carbonyl (C=O) groups is 2.